The standard InChI is InChI=1S/C16H30ClN3O/c1-5-14-16(17)15(20(7-3)19-14)12-13(18-6-2)10-9-11-21-8-4/h13,18H,5-12H2,1-4H3. The van der Waals surface area contributed by atoms with Crippen LogP contribution in [0.5, 0.6) is 0 Å². The molecule has 0 aliphatic heterocycles. The summed E-state index contributed by atoms with van der Waals surface area (Å²) in [5, 5.41) is 9.01. The normalized spacial score (nSPS) is 12.8. The van der Waals surface area contributed by atoms with E-state index in [2.05, 4.69) is 31.2 Å². The van der Waals surface area contributed by atoms with Gasteiger partial charge in [-0.2, -0.15) is 5.10 Å². The molecule has 0 bridgehead atoms. The first-order valence-electron chi connectivity index (χ1n) is 8.22. The van der Waals surface area contributed by atoms with Gasteiger partial charge in [-0.3, -0.25) is 4.68 Å². The van der Waals surface area contributed by atoms with Crippen molar-refractivity contribution >= 4 is 11.6 Å². The van der Waals surface area contributed by atoms with Gasteiger partial charge >= 0.3 is 0 Å². The van der Waals surface area contributed by atoms with E-state index >= 15 is 0 Å². The fourth-order valence-electron chi connectivity index (χ4n) is 2.59. The smallest absolute Gasteiger partial charge is 0.0850 e. The summed E-state index contributed by atoms with van der Waals surface area (Å²) in [7, 11) is 0. The van der Waals surface area contributed by atoms with Crippen LogP contribution in [-0.4, -0.2) is 35.6 Å². The average Bonchev–Trinajstić information content (AvgIpc) is 2.79. The number of halogens is 1. The Morgan fingerprint density at radius 2 is 2.05 bits per heavy atom. The third-order valence-electron chi connectivity index (χ3n) is 3.67. The van der Waals surface area contributed by atoms with E-state index in [4.69, 9.17) is 16.3 Å². The van der Waals surface area contributed by atoms with Crippen LogP contribution in [0.25, 0.3) is 0 Å². The third kappa shape index (κ3) is 5.61. The molecule has 4 nitrogen and oxygen atoms in total. The van der Waals surface area contributed by atoms with E-state index in [0.29, 0.717) is 6.04 Å². The molecule has 5 heteroatoms. The van der Waals surface area contributed by atoms with E-state index < -0.39 is 0 Å². The number of hydrogen-bond acceptors (Lipinski definition) is 3. The number of nitrogens with one attached hydrogen (secondary N) is 1. The van der Waals surface area contributed by atoms with Crippen molar-refractivity contribution in [2.45, 2.75) is 66.0 Å². The molecule has 1 rings (SSSR count). The number of rotatable bonds is 11. The largest absolute Gasteiger partial charge is 0.382 e. The quantitative estimate of drug-likeness (QED) is 0.636. The molecule has 0 fully saturated rings. The number of hydrogen-bond donors (Lipinski definition) is 1. The summed E-state index contributed by atoms with van der Waals surface area (Å²) in [6.45, 7) is 11.9. The molecule has 0 spiro atoms. The molecule has 1 aromatic heterocycles. The van der Waals surface area contributed by atoms with Gasteiger partial charge in [0, 0.05) is 32.2 Å². The van der Waals surface area contributed by atoms with Crippen molar-refractivity contribution in [1.29, 1.82) is 0 Å². The van der Waals surface area contributed by atoms with Crippen LogP contribution in [0.4, 0.5) is 0 Å². The maximum atomic E-state index is 6.50. The highest BCUT2D eigenvalue weighted by molar-refractivity contribution is 6.31. The van der Waals surface area contributed by atoms with Crippen molar-refractivity contribution in [1.82, 2.24) is 15.1 Å². The minimum atomic E-state index is 0.430. The van der Waals surface area contributed by atoms with Crippen LogP contribution in [-0.2, 0) is 24.1 Å². The van der Waals surface area contributed by atoms with Gasteiger partial charge in [-0.15, -0.1) is 0 Å². The van der Waals surface area contributed by atoms with Crippen molar-refractivity contribution in [3.05, 3.63) is 16.4 Å². The Bertz CT molecular complexity index is 406. The lowest BCUT2D eigenvalue weighted by atomic mass is 10.1. The topological polar surface area (TPSA) is 39.1 Å². The second kappa shape index (κ2) is 10.2. The molecule has 0 saturated carbocycles. The summed E-state index contributed by atoms with van der Waals surface area (Å²) in [4.78, 5) is 0. The van der Waals surface area contributed by atoms with Crippen LogP contribution >= 0.6 is 11.6 Å². The maximum absolute atomic E-state index is 6.50. The van der Waals surface area contributed by atoms with Crippen LogP contribution in [0.2, 0.25) is 5.02 Å². The van der Waals surface area contributed by atoms with Gasteiger partial charge in [0.2, 0.25) is 0 Å². The van der Waals surface area contributed by atoms with Crippen molar-refractivity contribution in [3.8, 4) is 0 Å². The lowest BCUT2D eigenvalue weighted by Crippen LogP contribution is -2.32. The first kappa shape index (κ1) is 18.5. The van der Waals surface area contributed by atoms with Crippen molar-refractivity contribution < 1.29 is 4.74 Å². The number of nitrogens with zero attached hydrogens (tertiary/aromatic N) is 2. The molecule has 1 aromatic rings. The molecule has 1 heterocycles. The summed E-state index contributed by atoms with van der Waals surface area (Å²) in [6.07, 6.45) is 3.99. The Kier molecular flexibility index (Phi) is 8.97. The fourth-order valence-corrected chi connectivity index (χ4v) is 2.93. The molecule has 21 heavy (non-hydrogen) atoms. The van der Waals surface area contributed by atoms with Crippen molar-refractivity contribution in [2.75, 3.05) is 19.8 Å². The van der Waals surface area contributed by atoms with Gasteiger partial charge in [0.15, 0.2) is 0 Å². The molecule has 0 radical (unpaired) electrons. The van der Waals surface area contributed by atoms with E-state index in [1.54, 1.807) is 0 Å². The molecule has 0 aliphatic rings. The zero-order valence-electron chi connectivity index (χ0n) is 13.9. The number of ether oxygens (including phenoxy) is 1. The van der Waals surface area contributed by atoms with E-state index in [0.717, 1.165) is 62.7 Å². The second-order valence-corrected chi connectivity index (χ2v) is 5.55. The Hall–Kier alpha value is -0.580. The summed E-state index contributed by atoms with van der Waals surface area (Å²) >= 11 is 6.50. The number of aromatic nitrogens is 2. The Balaban J connectivity index is 2.71. The molecular formula is C16H30ClN3O. The van der Waals surface area contributed by atoms with E-state index in [-0.39, 0.29) is 0 Å². The predicted molar refractivity (Wildman–Crippen MR) is 89.2 cm³/mol. The van der Waals surface area contributed by atoms with Gasteiger partial charge in [0.1, 0.15) is 0 Å². The monoisotopic (exact) mass is 315 g/mol. The van der Waals surface area contributed by atoms with Gasteiger partial charge in [0.05, 0.1) is 16.4 Å². The number of likely N-dealkylation sites (N-methyl/N-ethyl adjacent to an activating group) is 1. The number of aryl methyl sites for hydroxylation is 2. The summed E-state index contributed by atoms with van der Waals surface area (Å²) in [5.41, 5.74) is 2.18. The summed E-state index contributed by atoms with van der Waals surface area (Å²) < 4.78 is 7.48. The minimum Gasteiger partial charge on any atom is -0.382 e. The molecule has 1 N–H and O–H groups in total. The first-order valence-corrected chi connectivity index (χ1v) is 8.60. The lowest BCUT2D eigenvalue weighted by molar-refractivity contribution is 0.140. The van der Waals surface area contributed by atoms with Gasteiger partial charge < -0.3 is 10.1 Å². The van der Waals surface area contributed by atoms with Crippen LogP contribution in [0.15, 0.2) is 0 Å². The Morgan fingerprint density at radius 1 is 1.29 bits per heavy atom. The van der Waals surface area contributed by atoms with Crippen molar-refractivity contribution in [2.24, 2.45) is 0 Å². The molecular weight excluding hydrogens is 286 g/mol. The zero-order valence-corrected chi connectivity index (χ0v) is 14.7. The van der Waals surface area contributed by atoms with Gasteiger partial charge in [0.25, 0.3) is 0 Å². The third-order valence-corrected chi connectivity index (χ3v) is 4.11. The highest BCUT2D eigenvalue weighted by atomic mass is 35.5. The highest BCUT2D eigenvalue weighted by Crippen LogP contribution is 2.23. The Morgan fingerprint density at radius 3 is 2.62 bits per heavy atom. The molecule has 0 aromatic carbocycles. The van der Waals surface area contributed by atoms with Crippen LogP contribution in [0.3, 0.4) is 0 Å². The lowest BCUT2D eigenvalue weighted by Gasteiger charge is -2.18. The van der Waals surface area contributed by atoms with Gasteiger partial charge in [-0.1, -0.05) is 25.4 Å². The zero-order chi connectivity index (χ0) is 15.7. The first-order chi connectivity index (χ1) is 10.2. The van der Waals surface area contributed by atoms with E-state index in [1.807, 2.05) is 11.6 Å². The van der Waals surface area contributed by atoms with Crippen LogP contribution < -0.4 is 5.32 Å². The van der Waals surface area contributed by atoms with Crippen LogP contribution in [0, 0.1) is 0 Å². The second-order valence-electron chi connectivity index (χ2n) is 5.17. The Labute approximate surface area is 134 Å². The van der Waals surface area contributed by atoms with Gasteiger partial charge in [-0.25, -0.2) is 0 Å². The molecule has 0 amide bonds. The summed E-state index contributed by atoms with van der Waals surface area (Å²) in [6, 6.07) is 0.430. The van der Waals surface area contributed by atoms with E-state index in [1.165, 1.54) is 5.69 Å². The summed E-state index contributed by atoms with van der Waals surface area (Å²) in [5.74, 6) is 0. The molecule has 1 atom stereocenters. The highest BCUT2D eigenvalue weighted by Gasteiger charge is 2.18. The molecule has 0 aliphatic carbocycles. The SMILES string of the molecule is CCNC(CCCOCC)Cc1c(Cl)c(CC)nn1CC. The fraction of sp³-hybridized carbons (Fsp3) is 0.812. The minimum absolute atomic E-state index is 0.430. The average molecular weight is 316 g/mol. The molecule has 1 unspecified atom stereocenters. The maximum Gasteiger partial charge on any atom is 0.0850 e. The predicted octanol–water partition coefficient (Wildman–Crippen LogP) is 3.46. The van der Waals surface area contributed by atoms with Crippen molar-refractivity contribution in [3.63, 3.8) is 0 Å². The molecule has 122 valence electrons. The molecule has 0 saturated heterocycles. The van der Waals surface area contributed by atoms with Crippen LogP contribution in [0.1, 0.15) is 51.9 Å². The van der Waals surface area contributed by atoms with Gasteiger partial charge in [-0.05, 0) is 39.7 Å². The van der Waals surface area contributed by atoms with E-state index in [9.17, 15) is 0 Å².